The lowest BCUT2D eigenvalue weighted by atomic mass is 9.80. The molecule has 0 aliphatic heterocycles. The Hall–Kier alpha value is -2.34. The first kappa shape index (κ1) is 18.5. The third kappa shape index (κ3) is 3.60. The van der Waals surface area contributed by atoms with Crippen LogP contribution in [0, 0.1) is 0 Å². The highest BCUT2D eigenvalue weighted by atomic mass is 14.2. The van der Waals surface area contributed by atoms with E-state index in [4.69, 9.17) is 0 Å². The maximum Gasteiger partial charge on any atom is -0.00678 e. The number of hydrogen-bond donors (Lipinski definition) is 0. The largest absolute Gasteiger partial charge is 0.0651 e. The molecule has 0 radical (unpaired) electrons. The zero-order valence-electron chi connectivity index (χ0n) is 16.5. The predicted octanol–water partition coefficient (Wildman–Crippen LogP) is 7.66. The zero-order valence-corrected chi connectivity index (χ0v) is 16.5. The molecule has 134 valence electrons. The average molecular weight is 343 g/mol. The van der Waals surface area contributed by atoms with Gasteiger partial charge in [0.05, 0.1) is 0 Å². The molecule has 0 nitrogen and oxygen atoms in total. The predicted molar refractivity (Wildman–Crippen MR) is 115 cm³/mol. The van der Waals surface area contributed by atoms with Crippen LogP contribution in [0.4, 0.5) is 0 Å². The van der Waals surface area contributed by atoms with Crippen molar-refractivity contribution in [3.8, 4) is 22.3 Å². The molecule has 0 N–H and O–H groups in total. The molecular formula is C26H30. The third-order valence-electron chi connectivity index (χ3n) is 5.17. The van der Waals surface area contributed by atoms with Crippen molar-refractivity contribution in [3.05, 3.63) is 83.4 Å². The minimum absolute atomic E-state index is 0.535. The minimum Gasteiger partial charge on any atom is -0.0651 e. The van der Waals surface area contributed by atoms with Gasteiger partial charge in [-0.2, -0.15) is 0 Å². The molecule has 0 saturated heterocycles. The second-order valence-corrected chi connectivity index (χ2v) is 7.34. The van der Waals surface area contributed by atoms with E-state index in [1.165, 1.54) is 38.9 Å². The fraction of sp³-hybridized carbons (Fsp3) is 0.308. The van der Waals surface area contributed by atoms with Crippen molar-refractivity contribution < 1.29 is 0 Å². The molecule has 0 unspecified atom stereocenters. The number of rotatable bonds is 6. The number of benzene rings is 3. The van der Waals surface area contributed by atoms with E-state index in [1.54, 1.807) is 0 Å². The van der Waals surface area contributed by atoms with Gasteiger partial charge in [0.1, 0.15) is 0 Å². The molecule has 0 heteroatoms. The van der Waals surface area contributed by atoms with Crippen molar-refractivity contribution in [3.63, 3.8) is 0 Å². The molecule has 0 fully saturated rings. The first-order valence-corrected chi connectivity index (χ1v) is 9.96. The normalized spacial score (nSPS) is 11.1. The Morgan fingerprint density at radius 2 is 1.27 bits per heavy atom. The maximum absolute atomic E-state index is 2.49. The molecule has 0 saturated carbocycles. The van der Waals surface area contributed by atoms with Gasteiger partial charge in [-0.15, -0.1) is 0 Å². The van der Waals surface area contributed by atoms with E-state index in [-0.39, 0.29) is 0 Å². The van der Waals surface area contributed by atoms with Crippen molar-refractivity contribution in [1.82, 2.24) is 0 Å². The van der Waals surface area contributed by atoms with Crippen molar-refractivity contribution in [2.75, 3.05) is 0 Å². The van der Waals surface area contributed by atoms with Gasteiger partial charge in [0.2, 0.25) is 0 Å². The lowest BCUT2D eigenvalue weighted by molar-refractivity contribution is 0.835. The highest BCUT2D eigenvalue weighted by Gasteiger charge is 2.20. The second kappa shape index (κ2) is 8.36. The summed E-state index contributed by atoms with van der Waals surface area (Å²) >= 11 is 0. The molecule has 3 aromatic carbocycles. The fourth-order valence-electron chi connectivity index (χ4n) is 4.02. The molecule has 0 aliphatic rings. The van der Waals surface area contributed by atoms with Crippen LogP contribution >= 0.6 is 0 Å². The Balaban J connectivity index is 2.43. The van der Waals surface area contributed by atoms with Gasteiger partial charge in [0.25, 0.3) is 0 Å². The van der Waals surface area contributed by atoms with Crippen LogP contribution in [0.5, 0.6) is 0 Å². The Kier molecular flexibility index (Phi) is 5.93. The Labute approximate surface area is 158 Å². The molecule has 3 rings (SSSR count). The van der Waals surface area contributed by atoms with Crippen LogP contribution in [0.25, 0.3) is 22.3 Å². The van der Waals surface area contributed by atoms with Crippen molar-refractivity contribution in [2.24, 2.45) is 0 Å². The first-order valence-electron chi connectivity index (χ1n) is 9.96. The van der Waals surface area contributed by atoms with Crippen LogP contribution in [-0.2, 0) is 12.8 Å². The van der Waals surface area contributed by atoms with Gasteiger partial charge >= 0.3 is 0 Å². The molecule has 0 amide bonds. The molecule has 26 heavy (non-hydrogen) atoms. The van der Waals surface area contributed by atoms with Crippen LogP contribution in [0.3, 0.4) is 0 Å². The van der Waals surface area contributed by atoms with E-state index in [9.17, 15) is 0 Å². The summed E-state index contributed by atoms with van der Waals surface area (Å²) < 4.78 is 0. The second-order valence-electron chi connectivity index (χ2n) is 7.34. The van der Waals surface area contributed by atoms with Crippen molar-refractivity contribution >= 4 is 0 Å². The molecule has 0 heterocycles. The molecule has 0 aliphatic carbocycles. The maximum atomic E-state index is 2.49. The summed E-state index contributed by atoms with van der Waals surface area (Å²) in [6.07, 6.45) is 3.34. The van der Waals surface area contributed by atoms with Crippen molar-refractivity contribution in [1.29, 1.82) is 0 Å². The molecular weight excluding hydrogens is 312 g/mol. The smallest absolute Gasteiger partial charge is 0.00678 e. The van der Waals surface area contributed by atoms with E-state index in [1.807, 2.05) is 0 Å². The highest BCUT2D eigenvalue weighted by molar-refractivity contribution is 5.89. The van der Waals surface area contributed by atoms with E-state index in [0.29, 0.717) is 5.92 Å². The molecule has 0 atom stereocenters. The van der Waals surface area contributed by atoms with Crippen molar-refractivity contribution in [2.45, 2.75) is 52.9 Å². The quantitative estimate of drug-likeness (QED) is 0.431. The SMILES string of the molecule is CCCc1cc(C(C)C)c(CC)c(-c2ccccc2)c1-c1ccccc1. The van der Waals surface area contributed by atoms with Crippen LogP contribution < -0.4 is 0 Å². The van der Waals surface area contributed by atoms with Gasteiger partial charge in [-0.1, -0.05) is 101 Å². The van der Waals surface area contributed by atoms with E-state index in [2.05, 4.69) is 94.4 Å². The Morgan fingerprint density at radius 1 is 0.731 bits per heavy atom. The van der Waals surface area contributed by atoms with Crippen LogP contribution in [-0.4, -0.2) is 0 Å². The lowest BCUT2D eigenvalue weighted by Gasteiger charge is -2.24. The average Bonchev–Trinajstić information content (AvgIpc) is 2.68. The van der Waals surface area contributed by atoms with Gasteiger partial charge < -0.3 is 0 Å². The topological polar surface area (TPSA) is 0 Å². The van der Waals surface area contributed by atoms with Gasteiger partial charge in [0, 0.05) is 0 Å². The summed E-state index contributed by atoms with van der Waals surface area (Å²) in [5.74, 6) is 0.535. The van der Waals surface area contributed by atoms with E-state index >= 15 is 0 Å². The highest BCUT2D eigenvalue weighted by Crippen LogP contribution is 2.42. The molecule has 0 aromatic heterocycles. The monoisotopic (exact) mass is 342 g/mol. The van der Waals surface area contributed by atoms with Crippen LogP contribution in [0.15, 0.2) is 66.7 Å². The summed E-state index contributed by atoms with van der Waals surface area (Å²) in [5.41, 5.74) is 10.0. The van der Waals surface area contributed by atoms with Gasteiger partial charge in [0.15, 0.2) is 0 Å². The third-order valence-corrected chi connectivity index (χ3v) is 5.17. The Bertz CT molecular complexity index is 842. The van der Waals surface area contributed by atoms with Crippen LogP contribution in [0.2, 0.25) is 0 Å². The van der Waals surface area contributed by atoms with Gasteiger partial charge in [-0.3, -0.25) is 0 Å². The van der Waals surface area contributed by atoms with Gasteiger partial charge in [-0.25, -0.2) is 0 Å². The molecule has 0 bridgehead atoms. The summed E-state index contributed by atoms with van der Waals surface area (Å²) in [6.45, 7) is 9.21. The molecule has 3 aromatic rings. The standard InChI is InChI=1S/C26H30/c1-5-13-22-18-24(19(3)4)23(6-2)26(21-16-11-8-12-17-21)25(22)20-14-9-7-10-15-20/h7-12,14-19H,5-6,13H2,1-4H3. The lowest BCUT2D eigenvalue weighted by Crippen LogP contribution is -2.05. The fourth-order valence-corrected chi connectivity index (χ4v) is 4.02. The number of aryl methyl sites for hydroxylation is 1. The van der Waals surface area contributed by atoms with Gasteiger partial charge in [-0.05, 0) is 57.7 Å². The summed E-state index contributed by atoms with van der Waals surface area (Å²) in [6, 6.07) is 24.4. The minimum atomic E-state index is 0.535. The van der Waals surface area contributed by atoms with Crippen LogP contribution in [0.1, 0.15) is 56.7 Å². The first-order chi connectivity index (χ1) is 12.7. The molecule has 0 spiro atoms. The Morgan fingerprint density at radius 3 is 1.73 bits per heavy atom. The zero-order chi connectivity index (χ0) is 18.5. The summed E-state index contributed by atoms with van der Waals surface area (Å²) in [5, 5.41) is 0. The van der Waals surface area contributed by atoms with E-state index < -0.39 is 0 Å². The number of hydrogen-bond acceptors (Lipinski definition) is 0. The van der Waals surface area contributed by atoms with E-state index in [0.717, 1.165) is 19.3 Å². The summed E-state index contributed by atoms with van der Waals surface area (Å²) in [4.78, 5) is 0. The summed E-state index contributed by atoms with van der Waals surface area (Å²) in [7, 11) is 0.